The van der Waals surface area contributed by atoms with Gasteiger partial charge in [-0.05, 0) is 59.6 Å². The zero-order valence-electron chi connectivity index (χ0n) is 10.1. The van der Waals surface area contributed by atoms with Crippen LogP contribution < -0.4 is 0 Å². The van der Waals surface area contributed by atoms with E-state index in [1.54, 1.807) is 0 Å². The minimum Gasteiger partial charge on any atom is -0.302 e. The van der Waals surface area contributed by atoms with Crippen molar-refractivity contribution in [1.82, 2.24) is 4.90 Å². The summed E-state index contributed by atoms with van der Waals surface area (Å²) < 4.78 is 13.6. The maximum Gasteiger partial charge on any atom is 0.137 e. The highest BCUT2D eigenvalue weighted by Gasteiger charge is 2.04. The number of nitrogens with zero attached hydrogens (tertiary/aromatic N) is 1. The topological polar surface area (TPSA) is 3.24 Å². The van der Waals surface area contributed by atoms with Crippen LogP contribution in [0, 0.1) is 11.7 Å². The molecule has 1 nitrogen and oxygen atoms in total. The molecule has 16 heavy (non-hydrogen) atoms. The van der Waals surface area contributed by atoms with Crippen molar-refractivity contribution in [3.8, 4) is 0 Å². The molecule has 0 fully saturated rings. The quantitative estimate of drug-likeness (QED) is 0.789. The van der Waals surface area contributed by atoms with Crippen LogP contribution in [-0.2, 0) is 6.54 Å². The van der Waals surface area contributed by atoms with E-state index in [-0.39, 0.29) is 5.82 Å². The zero-order chi connectivity index (χ0) is 12.1. The summed E-state index contributed by atoms with van der Waals surface area (Å²) in [7, 11) is 2.10. The van der Waals surface area contributed by atoms with Crippen molar-refractivity contribution in [2.45, 2.75) is 26.8 Å². The SMILES string of the molecule is CC(C)CCN(C)Cc1ccc(F)c(Br)c1. The predicted octanol–water partition coefficient (Wildman–Crippen LogP) is 4.07. The molecule has 0 atom stereocenters. The van der Waals surface area contributed by atoms with Crippen molar-refractivity contribution in [2.75, 3.05) is 13.6 Å². The molecule has 1 aromatic rings. The van der Waals surface area contributed by atoms with Crippen LogP contribution in [-0.4, -0.2) is 18.5 Å². The summed E-state index contributed by atoms with van der Waals surface area (Å²) in [6.07, 6.45) is 1.19. The van der Waals surface area contributed by atoms with Crippen LogP contribution in [0.3, 0.4) is 0 Å². The van der Waals surface area contributed by atoms with E-state index in [4.69, 9.17) is 0 Å². The minimum absolute atomic E-state index is 0.200. The Morgan fingerprint density at radius 3 is 2.62 bits per heavy atom. The maximum atomic E-state index is 13.0. The predicted molar refractivity (Wildman–Crippen MR) is 69.9 cm³/mol. The standard InChI is InChI=1S/C13H19BrFN/c1-10(2)6-7-16(3)9-11-4-5-13(15)12(14)8-11/h4-5,8,10H,6-7,9H2,1-3H3. The molecule has 1 rings (SSSR count). The Kier molecular flexibility index (Phi) is 5.42. The third kappa shape index (κ3) is 4.62. The molecule has 0 aliphatic rings. The molecule has 0 N–H and O–H groups in total. The summed E-state index contributed by atoms with van der Waals surface area (Å²) in [5, 5.41) is 0. The molecule has 0 aliphatic carbocycles. The van der Waals surface area contributed by atoms with Gasteiger partial charge in [0.15, 0.2) is 0 Å². The lowest BCUT2D eigenvalue weighted by molar-refractivity contribution is 0.303. The smallest absolute Gasteiger partial charge is 0.137 e. The van der Waals surface area contributed by atoms with Crippen LogP contribution in [0.2, 0.25) is 0 Å². The van der Waals surface area contributed by atoms with E-state index in [0.29, 0.717) is 4.47 Å². The molecule has 0 radical (unpaired) electrons. The van der Waals surface area contributed by atoms with Crippen molar-refractivity contribution in [3.05, 3.63) is 34.1 Å². The van der Waals surface area contributed by atoms with E-state index in [1.807, 2.05) is 12.1 Å². The summed E-state index contributed by atoms with van der Waals surface area (Å²) in [6, 6.07) is 5.20. The lowest BCUT2D eigenvalue weighted by atomic mass is 10.1. The van der Waals surface area contributed by atoms with Gasteiger partial charge < -0.3 is 4.90 Å². The van der Waals surface area contributed by atoms with Crippen LogP contribution in [0.5, 0.6) is 0 Å². The molecule has 1 aromatic carbocycles. The summed E-state index contributed by atoms with van der Waals surface area (Å²) >= 11 is 3.20. The molecule has 0 heterocycles. The maximum absolute atomic E-state index is 13.0. The van der Waals surface area contributed by atoms with Gasteiger partial charge in [-0.25, -0.2) is 4.39 Å². The monoisotopic (exact) mass is 287 g/mol. The second-order valence-corrected chi connectivity index (χ2v) is 5.52. The Morgan fingerprint density at radius 2 is 2.06 bits per heavy atom. The molecular formula is C13H19BrFN. The number of halogens is 2. The molecule has 0 amide bonds. The van der Waals surface area contributed by atoms with E-state index in [2.05, 4.69) is 41.7 Å². The summed E-state index contributed by atoms with van der Waals surface area (Å²) in [4.78, 5) is 2.26. The Labute approximate surface area is 106 Å². The number of benzene rings is 1. The normalized spacial score (nSPS) is 11.4. The first-order valence-electron chi connectivity index (χ1n) is 5.61. The third-order valence-corrected chi connectivity index (χ3v) is 3.13. The first-order chi connectivity index (χ1) is 7.49. The van der Waals surface area contributed by atoms with Crippen molar-refractivity contribution >= 4 is 15.9 Å². The van der Waals surface area contributed by atoms with Crippen LogP contribution in [0.4, 0.5) is 4.39 Å². The lowest BCUT2D eigenvalue weighted by Gasteiger charge is -2.18. The average Bonchev–Trinajstić information content (AvgIpc) is 2.21. The second-order valence-electron chi connectivity index (χ2n) is 4.67. The van der Waals surface area contributed by atoms with Gasteiger partial charge in [0.25, 0.3) is 0 Å². The highest BCUT2D eigenvalue weighted by Crippen LogP contribution is 2.17. The zero-order valence-corrected chi connectivity index (χ0v) is 11.7. The van der Waals surface area contributed by atoms with Crippen LogP contribution in [0.25, 0.3) is 0 Å². The third-order valence-electron chi connectivity index (χ3n) is 2.52. The molecule has 90 valence electrons. The molecule has 3 heteroatoms. The van der Waals surface area contributed by atoms with E-state index in [0.717, 1.165) is 24.6 Å². The molecular weight excluding hydrogens is 269 g/mol. The Bertz CT molecular complexity index is 339. The van der Waals surface area contributed by atoms with Gasteiger partial charge in [0, 0.05) is 6.54 Å². The Balaban J connectivity index is 2.49. The van der Waals surface area contributed by atoms with Gasteiger partial charge in [-0.15, -0.1) is 0 Å². The van der Waals surface area contributed by atoms with Gasteiger partial charge >= 0.3 is 0 Å². The van der Waals surface area contributed by atoms with Crippen LogP contribution in [0.15, 0.2) is 22.7 Å². The summed E-state index contributed by atoms with van der Waals surface area (Å²) in [5.41, 5.74) is 1.14. The first-order valence-corrected chi connectivity index (χ1v) is 6.41. The number of hydrogen-bond donors (Lipinski definition) is 0. The Hall–Kier alpha value is -0.410. The van der Waals surface area contributed by atoms with Gasteiger partial charge in [0.2, 0.25) is 0 Å². The highest BCUT2D eigenvalue weighted by atomic mass is 79.9. The fraction of sp³-hybridized carbons (Fsp3) is 0.538. The lowest BCUT2D eigenvalue weighted by Crippen LogP contribution is -2.20. The van der Waals surface area contributed by atoms with Crippen molar-refractivity contribution in [2.24, 2.45) is 5.92 Å². The van der Waals surface area contributed by atoms with Crippen LogP contribution >= 0.6 is 15.9 Å². The van der Waals surface area contributed by atoms with Crippen LogP contribution in [0.1, 0.15) is 25.8 Å². The van der Waals surface area contributed by atoms with Gasteiger partial charge in [0.05, 0.1) is 4.47 Å². The first kappa shape index (κ1) is 13.7. The fourth-order valence-corrected chi connectivity index (χ4v) is 1.93. The average molecular weight is 288 g/mol. The number of rotatable bonds is 5. The fourth-order valence-electron chi connectivity index (χ4n) is 1.51. The van der Waals surface area contributed by atoms with Gasteiger partial charge in [-0.2, -0.15) is 0 Å². The summed E-state index contributed by atoms with van der Waals surface area (Å²) in [6.45, 7) is 6.39. The van der Waals surface area contributed by atoms with Crippen molar-refractivity contribution in [1.29, 1.82) is 0 Å². The molecule has 0 aromatic heterocycles. The highest BCUT2D eigenvalue weighted by molar-refractivity contribution is 9.10. The minimum atomic E-state index is -0.200. The molecule has 0 unspecified atom stereocenters. The van der Waals surface area contributed by atoms with E-state index in [9.17, 15) is 4.39 Å². The van der Waals surface area contributed by atoms with Gasteiger partial charge in [-0.3, -0.25) is 0 Å². The largest absolute Gasteiger partial charge is 0.302 e. The molecule has 0 spiro atoms. The molecule has 0 bridgehead atoms. The molecule has 0 saturated heterocycles. The van der Waals surface area contributed by atoms with Crippen molar-refractivity contribution < 1.29 is 4.39 Å². The molecule has 0 aliphatic heterocycles. The van der Waals surface area contributed by atoms with Gasteiger partial charge in [-0.1, -0.05) is 19.9 Å². The Morgan fingerprint density at radius 1 is 1.38 bits per heavy atom. The number of hydrogen-bond acceptors (Lipinski definition) is 1. The van der Waals surface area contributed by atoms with Crippen molar-refractivity contribution in [3.63, 3.8) is 0 Å². The van der Waals surface area contributed by atoms with Gasteiger partial charge in [0.1, 0.15) is 5.82 Å². The van der Waals surface area contributed by atoms with E-state index < -0.39 is 0 Å². The second kappa shape index (κ2) is 6.36. The van der Waals surface area contributed by atoms with E-state index in [1.165, 1.54) is 12.5 Å². The molecule has 0 saturated carbocycles. The summed E-state index contributed by atoms with van der Waals surface area (Å²) in [5.74, 6) is 0.524. The van der Waals surface area contributed by atoms with E-state index >= 15 is 0 Å².